The van der Waals surface area contributed by atoms with Crippen molar-refractivity contribution in [1.29, 1.82) is 0 Å². The standard InChI is InChI=1S/C19H24N2O3/c22-17-7-3-10-21(17)15-5-1-4-14(12-15)18(23)20-13-19-8-2-6-16(19)24-11-9-19/h1,4-5,12,16H,2-3,6-11,13H2,(H,20,23). The lowest BCUT2D eigenvalue weighted by molar-refractivity contribution is -0.117. The van der Waals surface area contributed by atoms with Crippen LogP contribution in [-0.2, 0) is 9.53 Å². The molecule has 1 aromatic rings. The van der Waals surface area contributed by atoms with E-state index >= 15 is 0 Å². The normalized spacial score (nSPS) is 29.1. The third-order valence-corrected chi connectivity index (χ3v) is 5.84. The van der Waals surface area contributed by atoms with Gasteiger partial charge in [0, 0.05) is 42.8 Å². The third kappa shape index (κ3) is 2.71. The van der Waals surface area contributed by atoms with Gasteiger partial charge in [0.1, 0.15) is 0 Å². The number of nitrogens with one attached hydrogen (secondary N) is 1. The number of hydrogen-bond acceptors (Lipinski definition) is 3. The zero-order valence-electron chi connectivity index (χ0n) is 13.9. The lowest BCUT2D eigenvalue weighted by atomic mass is 9.83. The molecule has 24 heavy (non-hydrogen) atoms. The summed E-state index contributed by atoms with van der Waals surface area (Å²) in [6.45, 7) is 2.24. The van der Waals surface area contributed by atoms with Crippen molar-refractivity contribution < 1.29 is 14.3 Å². The van der Waals surface area contributed by atoms with Gasteiger partial charge in [-0.1, -0.05) is 12.5 Å². The Bertz CT molecular complexity index is 648. The van der Waals surface area contributed by atoms with E-state index in [-0.39, 0.29) is 17.2 Å². The first-order chi connectivity index (χ1) is 11.7. The van der Waals surface area contributed by atoms with Crippen LogP contribution in [0, 0.1) is 5.41 Å². The number of carbonyl (C=O) groups excluding carboxylic acids is 2. The highest BCUT2D eigenvalue weighted by molar-refractivity contribution is 5.99. The molecule has 1 aliphatic carbocycles. The second-order valence-electron chi connectivity index (χ2n) is 7.25. The van der Waals surface area contributed by atoms with Crippen molar-refractivity contribution in [2.45, 2.75) is 44.6 Å². The monoisotopic (exact) mass is 328 g/mol. The predicted octanol–water partition coefficient (Wildman–Crippen LogP) is 2.50. The van der Waals surface area contributed by atoms with Crippen molar-refractivity contribution in [1.82, 2.24) is 5.32 Å². The fourth-order valence-electron chi connectivity index (χ4n) is 4.44. The first-order valence-electron chi connectivity index (χ1n) is 8.98. The van der Waals surface area contributed by atoms with Gasteiger partial charge in [0.15, 0.2) is 0 Å². The molecule has 2 aliphatic heterocycles. The average Bonchev–Trinajstić information content (AvgIpc) is 3.28. The summed E-state index contributed by atoms with van der Waals surface area (Å²) in [5.41, 5.74) is 1.58. The molecule has 0 aromatic heterocycles. The van der Waals surface area contributed by atoms with E-state index in [0.29, 0.717) is 24.6 Å². The minimum atomic E-state index is -0.0598. The quantitative estimate of drug-likeness (QED) is 0.924. The van der Waals surface area contributed by atoms with Gasteiger partial charge in [0.2, 0.25) is 5.91 Å². The lowest BCUT2D eigenvalue weighted by Crippen LogP contribution is -2.39. The first-order valence-corrected chi connectivity index (χ1v) is 8.98. The summed E-state index contributed by atoms with van der Waals surface area (Å²) in [5.74, 6) is 0.0822. The molecule has 2 heterocycles. The predicted molar refractivity (Wildman–Crippen MR) is 91.0 cm³/mol. The fraction of sp³-hybridized carbons (Fsp3) is 0.579. The maximum Gasteiger partial charge on any atom is 0.251 e. The topological polar surface area (TPSA) is 58.6 Å². The summed E-state index contributed by atoms with van der Waals surface area (Å²) in [5, 5.41) is 3.11. The van der Waals surface area contributed by atoms with Gasteiger partial charge in [-0.05, 0) is 43.9 Å². The minimum absolute atomic E-state index is 0.0598. The summed E-state index contributed by atoms with van der Waals surface area (Å²) >= 11 is 0. The van der Waals surface area contributed by atoms with E-state index in [2.05, 4.69) is 5.32 Å². The van der Waals surface area contributed by atoms with Crippen LogP contribution >= 0.6 is 0 Å². The molecule has 128 valence electrons. The molecule has 0 spiro atoms. The molecule has 0 radical (unpaired) electrons. The number of nitrogens with zero attached hydrogens (tertiary/aromatic N) is 1. The SMILES string of the molecule is O=C(NCC12CCCC1OCC2)c1cccc(N2CCCC2=O)c1. The second-order valence-corrected chi connectivity index (χ2v) is 7.25. The Hall–Kier alpha value is -1.88. The van der Waals surface area contributed by atoms with Crippen LogP contribution < -0.4 is 10.2 Å². The van der Waals surface area contributed by atoms with Crippen molar-refractivity contribution in [3.8, 4) is 0 Å². The van der Waals surface area contributed by atoms with Gasteiger partial charge in [0.25, 0.3) is 5.91 Å². The molecule has 1 N–H and O–H groups in total. The molecule has 1 saturated carbocycles. The van der Waals surface area contributed by atoms with E-state index in [1.807, 2.05) is 24.3 Å². The number of rotatable bonds is 4. The number of carbonyl (C=O) groups is 2. The van der Waals surface area contributed by atoms with Crippen molar-refractivity contribution in [2.75, 3.05) is 24.6 Å². The van der Waals surface area contributed by atoms with E-state index in [9.17, 15) is 9.59 Å². The Kier molecular flexibility index (Phi) is 4.04. The number of ether oxygens (including phenoxy) is 1. The maximum absolute atomic E-state index is 12.6. The average molecular weight is 328 g/mol. The lowest BCUT2D eigenvalue weighted by Gasteiger charge is -2.27. The van der Waals surface area contributed by atoms with E-state index in [1.165, 1.54) is 6.42 Å². The Labute approximate surface area is 142 Å². The molecular formula is C19H24N2O3. The van der Waals surface area contributed by atoms with Gasteiger partial charge in [0.05, 0.1) is 6.10 Å². The molecule has 1 aromatic carbocycles. The number of fused-ring (bicyclic) bond motifs is 1. The van der Waals surface area contributed by atoms with E-state index in [4.69, 9.17) is 4.74 Å². The molecular weight excluding hydrogens is 304 g/mol. The second kappa shape index (κ2) is 6.20. The Morgan fingerprint density at radius 3 is 3.08 bits per heavy atom. The summed E-state index contributed by atoms with van der Waals surface area (Å²) in [6, 6.07) is 7.39. The molecule has 0 bridgehead atoms. The van der Waals surface area contributed by atoms with Gasteiger partial charge in [-0.3, -0.25) is 9.59 Å². The molecule has 3 fully saturated rings. The van der Waals surface area contributed by atoms with Gasteiger partial charge in [-0.2, -0.15) is 0 Å². The number of benzene rings is 1. The summed E-state index contributed by atoms with van der Waals surface area (Å²) in [4.78, 5) is 26.2. The number of anilines is 1. The van der Waals surface area contributed by atoms with Crippen LogP contribution in [0.4, 0.5) is 5.69 Å². The maximum atomic E-state index is 12.6. The molecule has 2 unspecified atom stereocenters. The van der Waals surface area contributed by atoms with Crippen LogP contribution in [0.2, 0.25) is 0 Å². The summed E-state index contributed by atoms with van der Waals surface area (Å²) in [6.07, 6.45) is 6.28. The smallest absolute Gasteiger partial charge is 0.251 e. The highest BCUT2D eigenvalue weighted by atomic mass is 16.5. The van der Waals surface area contributed by atoms with Gasteiger partial charge >= 0.3 is 0 Å². The molecule has 2 saturated heterocycles. The summed E-state index contributed by atoms with van der Waals surface area (Å²) < 4.78 is 5.82. The van der Waals surface area contributed by atoms with Gasteiger partial charge in [-0.25, -0.2) is 0 Å². The highest BCUT2D eigenvalue weighted by Crippen LogP contribution is 2.46. The van der Waals surface area contributed by atoms with E-state index in [1.54, 1.807) is 4.90 Å². The van der Waals surface area contributed by atoms with E-state index < -0.39 is 0 Å². The first kappa shape index (κ1) is 15.6. The highest BCUT2D eigenvalue weighted by Gasteiger charge is 2.47. The van der Waals surface area contributed by atoms with E-state index in [0.717, 1.165) is 44.5 Å². The fourth-order valence-corrected chi connectivity index (χ4v) is 4.44. The van der Waals surface area contributed by atoms with Crippen LogP contribution in [0.3, 0.4) is 0 Å². The van der Waals surface area contributed by atoms with Gasteiger partial charge < -0.3 is 15.0 Å². The Morgan fingerprint density at radius 1 is 1.33 bits per heavy atom. The van der Waals surface area contributed by atoms with Crippen LogP contribution in [0.5, 0.6) is 0 Å². The molecule has 2 amide bonds. The molecule has 5 nitrogen and oxygen atoms in total. The van der Waals surface area contributed by atoms with Crippen LogP contribution in [0.15, 0.2) is 24.3 Å². The van der Waals surface area contributed by atoms with Gasteiger partial charge in [-0.15, -0.1) is 0 Å². The van der Waals surface area contributed by atoms with Crippen molar-refractivity contribution in [3.05, 3.63) is 29.8 Å². The Morgan fingerprint density at radius 2 is 2.25 bits per heavy atom. The number of amides is 2. The van der Waals surface area contributed by atoms with Crippen LogP contribution in [0.25, 0.3) is 0 Å². The Balaban J connectivity index is 1.44. The zero-order valence-corrected chi connectivity index (χ0v) is 13.9. The van der Waals surface area contributed by atoms with Crippen LogP contribution in [0.1, 0.15) is 48.9 Å². The van der Waals surface area contributed by atoms with Crippen molar-refractivity contribution in [2.24, 2.45) is 5.41 Å². The largest absolute Gasteiger partial charge is 0.378 e. The van der Waals surface area contributed by atoms with Crippen molar-refractivity contribution in [3.63, 3.8) is 0 Å². The van der Waals surface area contributed by atoms with Crippen molar-refractivity contribution >= 4 is 17.5 Å². The zero-order chi connectivity index (χ0) is 16.6. The molecule has 4 rings (SSSR count). The molecule has 2 atom stereocenters. The summed E-state index contributed by atoms with van der Waals surface area (Å²) in [7, 11) is 0. The molecule has 5 heteroatoms. The minimum Gasteiger partial charge on any atom is -0.378 e. The van der Waals surface area contributed by atoms with Crippen LogP contribution in [-0.4, -0.2) is 37.6 Å². The third-order valence-electron chi connectivity index (χ3n) is 5.84. The molecule has 3 aliphatic rings. The number of hydrogen-bond donors (Lipinski definition) is 1.